The quantitative estimate of drug-likeness (QED) is 0.609. The highest BCUT2D eigenvalue weighted by Gasteiger charge is 2.19. The summed E-state index contributed by atoms with van der Waals surface area (Å²) in [4.78, 5) is 12.8. The number of aryl methyl sites for hydroxylation is 2. The summed E-state index contributed by atoms with van der Waals surface area (Å²) in [6.45, 7) is 0.584. The van der Waals surface area contributed by atoms with Crippen LogP contribution in [0.15, 0.2) is 60.7 Å². The Kier molecular flexibility index (Phi) is 9.08. The van der Waals surface area contributed by atoms with Crippen molar-refractivity contribution in [3.8, 4) is 0 Å². The molecule has 1 atom stereocenters. The summed E-state index contributed by atoms with van der Waals surface area (Å²) in [5.74, 6) is 0.449. The van der Waals surface area contributed by atoms with Crippen LogP contribution in [0.5, 0.6) is 0 Å². The molecule has 26 heavy (non-hydrogen) atoms. The van der Waals surface area contributed by atoms with Gasteiger partial charge < -0.3 is 11.5 Å². The third-order valence-corrected chi connectivity index (χ3v) is 5.00. The van der Waals surface area contributed by atoms with Crippen molar-refractivity contribution >= 4 is 5.78 Å². The van der Waals surface area contributed by atoms with Gasteiger partial charge in [-0.25, -0.2) is 0 Å². The van der Waals surface area contributed by atoms with Gasteiger partial charge in [0.25, 0.3) is 0 Å². The van der Waals surface area contributed by atoms with Gasteiger partial charge in [-0.3, -0.25) is 4.79 Å². The zero-order valence-electron chi connectivity index (χ0n) is 15.6. The van der Waals surface area contributed by atoms with E-state index in [1.165, 1.54) is 11.1 Å². The Labute approximate surface area is 157 Å². The monoisotopic (exact) mass is 352 g/mol. The van der Waals surface area contributed by atoms with Gasteiger partial charge in [0.05, 0.1) is 0 Å². The van der Waals surface area contributed by atoms with Crippen LogP contribution in [0.2, 0.25) is 0 Å². The van der Waals surface area contributed by atoms with E-state index >= 15 is 0 Å². The number of benzene rings is 2. The molecular weight excluding hydrogens is 320 g/mol. The van der Waals surface area contributed by atoms with Gasteiger partial charge in [-0.1, -0.05) is 60.7 Å². The summed E-state index contributed by atoms with van der Waals surface area (Å²) in [5.41, 5.74) is 14.2. The Morgan fingerprint density at radius 3 is 1.73 bits per heavy atom. The molecule has 2 aromatic carbocycles. The van der Waals surface area contributed by atoms with Crippen molar-refractivity contribution in [2.24, 2.45) is 17.4 Å². The summed E-state index contributed by atoms with van der Waals surface area (Å²) in [7, 11) is 0. The van der Waals surface area contributed by atoms with Gasteiger partial charge in [0.15, 0.2) is 0 Å². The molecule has 0 unspecified atom stereocenters. The first-order valence-electron chi connectivity index (χ1n) is 9.75. The molecule has 0 bridgehead atoms. The number of carbonyl (C=O) groups excluding carboxylic acids is 1. The molecule has 0 aliphatic heterocycles. The van der Waals surface area contributed by atoms with Crippen molar-refractivity contribution < 1.29 is 4.79 Å². The van der Waals surface area contributed by atoms with Crippen molar-refractivity contribution in [3.05, 3.63) is 71.8 Å². The van der Waals surface area contributed by atoms with Crippen molar-refractivity contribution in [1.29, 1.82) is 0 Å². The minimum atomic E-state index is 0.0350. The van der Waals surface area contributed by atoms with Crippen LogP contribution in [0.1, 0.15) is 43.2 Å². The van der Waals surface area contributed by atoms with Crippen LogP contribution in [0.25, 0.3) is 0 Å². The average Bonchev–Trinajstić information content (AvgIpc) is 2.68. The van der Waals surface area contributed by atoms with Crippen molar-refractivity contribution in [2.45, 2.75) is 51.0 Å². The van der Waals surface area contributed by atoms with Gasteiger partial charge in [-0.05, 0) is 56.2 Å². The standard InChI is InChI=1S/C23H32N2O/c24-18-17-22(25)15-16-23(26)21(13-11-19-7-3-1-4-8-19)14-12-20-9-5-2-6-10-20/h1-10,21-22H,11-18,24-25H2/t22-/m1/s1. The van der Waals surface area contributed by atoms with Crippen molar-refractivity contribution in [3.63, 3.8) is 0 Å². The van der Waals surface area contributed by atoms with Crippen LogP contribution >= 0.6 is 0 Å². The van der Waals surface area contributed by atoms with Gasteiger partial charge in [0, 0.05) is 18.4 Å². The molecule has 0 radical (unpaired) electrons. The second-order valence-electron chi connectivity index (χ2n) is 7.09. The highest BCUT2D eigenvalue weighted by molar-refractivity contribution is 5.81. The summed E-state index contributed by atoms with van der Waals surface area (Å²) in [6, 6.07) is 20.9. The highest BCUT2D eigenvalue weighted by Crippen LogP contribution is 2.20. The number of rotatable bonds is 12. The van der Waals surface area contributed by atoms with E-state index in [0.29, 0.717) is 18.7 Å². The van der Waals surface area contributed by atoms with E-state index in [9.17, 15) is 4.79 Å². The lowest BCUT2D eigenvalue weighted by Crippen LogP contribution is -2.26. The van der Waals surface area contributed by atoms with E-state index in [1.54, 1.807) is 0 Å². The minimum Gasteiger partial charge on any atom is -0.330 e. The molecule has 4 N–H and O–H groups in total. The zero-order chi connectivity index (χ0) is 18.6. The lowest BCUT2D eigenvalue weighted by molar-refractivity contribution is -0.123. The van der Waals surface area contributed by atoms with E-state index in [1.807, 2.05) is 12.1 Å². The summed E-state index contributed by atoms with van der Waals surface area (Å²) in [6.07, 6.45) is 5.79. The fourth-order valence-corrected chi connectivity index (χ4v) is 3.33. The lowest BCUT2D eigenvalue weighted by Gasteiger charge is -2.17. The number of ketones is 1. The maximum Gasteiger partial charge on any atom is 0.136 e. The third-order valence-electron chi connectivity index (χ3n) is 5.00. The van der Waals surface area contributed by atoms with E-state index in [-0.39, 0.29) is 12.0 Å². The molecule has 0 amide bonds. The maximum absolute atomic E-state index is 12.8. The van der Waals surface area contributed by atoms with E-state index in [4.69, 9.17) is 11.5 Å². The van der Waals surface area contributed by atoms with Gasteiger partial charge >= 0.3 is 0 Å². The van der Waals surface area contributed by atoms with Crippen LogP contribution in [-0.2, 0) is 17.6 Å². The first-order valence-corrected chi connectivity index (χ1v) is 9.75. The van der Waals surface area contributed by atoms with Crippen LogP contribution in [-0.4, -0.2) is 18.4 Å². The lowest BCUT2D eigenvalue weighted by atomic mass is 9.87. The molecule has 0 heterocycles. The molecule has 0 spiro atoms. The summed E-state index contributed by atoms with van der Waals surface area (Å²) < 4.78 is 0. The van der Waals surface area contributed by atoms with Crippen LogP contribution in [0.3, 0.4) is 0 Å². The number of hydrogen-bond acceptors (Lipinski definition) is 3. The Morgan fingerprint density at radius 2 is 1.27 bits per heavy atom. The number of hydrogen-bond donors (Lipinski definition) is 2. The molecular formula is C23H32N2O. The predicted octanol–water partition coefficient (Wildman–Crippen LogP) is 3.89. The smallest absolute Gasteiger partial charge is 0.136 e. The number of nitrogens with two attached hydrogens (primary N) is 2. The van der Waals surface area contributed by atoms with Gasteiger partial charge in [-0.15, -0.1) is 0 Å². The topological polar surface area (TPSA) is 69.1 Å². The normalized spacial score (nSPS) is 12.3. The second kappa shape index (κ2) is 11.6. The molecule has 140 valence electrons. The van der Waals surface area contributed by atoms with E-state index in [0.717, 1.165) is 38.5 Å². The fourth-order valence-electron chi connectivity index (χ4n) is 3.33. The third kappa shape index (κ3) is 7.51. The number of Topliss-reactive ketones (excluding diaryl/α,β-unsaturated/α-hetero) is 1. The van der Waals surface area contributed by atoms with E-state index < -0.39 is 0 Å². The molecule has 0 fully saturated rings. The van der Waals surface area contributed by atoms with Crippen molar-refractivity contribution in [2.75, 3.05) is 6.54 Å². The molecule has 3 heteroatoms. The molecule has 0 aliphatic rings. The first kappa shape index (κ1) is 20.3. The second-order valence-corrected chi connectivity index (χ2v) is 7.09. The molecule has 3 nitrogen and oxygen atoms in total. The largest absolute Gasteiger partial charge is 0.330 e. The molecule has 2 rings (SSSR count). The Bertz CT molecular complexity index is 584. The molecule has 0 saturated heterocycles. The molecule has 0 aromatic heterocycles. The Hall–Kier alpha value is -1.97. The van der Waals surface area contributed by atoms with Crippen LogP contribution in [0.4, 0.5) is 0 Å². The zero-order valence-corrected chi connectivity index (χ0v) is 15.6. The Morgan fingerprint density at radius 1 is 0.769 bits per heavy atom. The van der Waals surface area contributed by atoms with Crippen LogP contribution < -0.4 is 11.5 Å². The number of carbonyl (C=O) groups is 1. The SMILES string of the molecule is NCC[C@H](N)CCC(=O)C(CCc1ccccc1)CCc1ccccc1. The highest BCUT2D eigenvalue weighted by atomic mass is 16.1. The van der Waals surface area contributed by atoms with E-state index in [2.05, 4.69) is 48.5 Å². The maximum atomic E-state index is 12.8. The molecule has 2 aromatic rings. The average molecular weight is 353 g/mol. The van der Waals surface area contributed by atoms with Gasteiger partial charge in [0.2, 0.25) is 0 Å². The van der Waals surface area contributed by atoms with Crippen LogP contribution in [0, 0.1) is 5.92 Å². The first-order chi connectivity index (χ1) is 12.7. The van der Waals surface area contributed by atoms with Gasteiger partial charge in [0.1, 0.15) is 5.78 Å². The molecule has 0 aliphatic carbocycles. The minimum absolute atomic E-state index is 0.0350. The fraction of sp³-hybridized carbons (Fsp3) is 0.435. The summed E-state index contributed by atoms with van der Waals surface area (Å²) >= 11 is 0. The Balaban J connectivity index is 1.91. The molecule has 0 saturated carbocycles. The van der Waals surface area contributed by atoms with Crippen molar-refractivity contribution in [1.82, 2.24) is 0 Å². The predicted molar refractivity (Wildman–Crippen MR) is 109 cm³/mol. The summed E-state index contributed by atoms with van der Waals surface area (Å²) in [5, 5.41) is 0. The van der Waals surface area contributed by atoms with Gasteiger partial charge in [-0.2, -0.15) is 0 Å².